The van der Waals surface area contributed by atoms with E-state index in [1.807, 2.05) is 12.1 Å². The predicted molar refractivity (Wildman–Crippen MR) is 74.4 cm³/mol. The number of hydrogen-bond acceptors (Lipinski definition) is 2. The highest BCUT2D eigenvalue weighted by molar-refractivity contribution is 9.10. The summed E-state index contributed by atoms with van der Waals surface area (Å²) in [5, 5.41) is 8.95. The summed E-state index contributed by atoms with van der Waals surface area (Å²) in [7, 11) is 0. The molecule has 0 bridgehead atoms. The first-order valence-corrected chi connectivity index (χ1v) is 7.15. The van der Waals surface area contributed by atoms with Crippen LogP contribution in [0.4, 0.5) is 0 Å². The van der Waals surface area contributed by atoms with Gasteiger partial charge in [-0.2, -0.15) is 0 Å². The van der Waals surface area contributed by atoms with E-state index in [0.717, 1.165) is 30.4 Å². The summed E-state index contributed by atoms with van der Waals surface area (Å²) in [6.45, 7) is 1.86. The average molecular weight is 312 g/mol. The Labute approximate surface area is 116 Å². The fourth-order valence-electron chi connectivity index (χ4n) is 2.53. The molecule has 18 heavy (non-hydrogen) atoms. The van der Waals surface area contributed by atoms with Gasteiger partial charge in [-0.05, 0) is 37.1 Å². The third-order valence-electron chi connectivity index (χ3n) is 3.46. The summed E-state index contributed by atoms with van der Waals surface area (Å²) >= 11 is 3.42. The zero-order chi connectivity index (χ0) is 13.0. The Morgan fingerprint density at radius 2 is 2.06 bits per heavy atom. The topological polar surface area (TPSA) is 40.5 Å². The van der Waals surface area contributed by atoms with Crippen molar-refractivity contribution in [3.8, 4) is 0 Å². The molecule has 1 saturated heterocycles. The summed E-state index contributed by atoms with van der Waals surface area (Å²) in [6.07, 6.45) is 3.58. The smallest absolute Gasteiger partial charge is 0.304 e. The van der Waals surface area contributed by atoms with Crippen LogP contribution in [-0.2, 0) is 11.3 Å². The van der Waals surface area contributed by atoms with Gasteiger partial charge in [0, 0.05) is 17.1 Å². The number of benzene rings is 1. The molecule has 4 heteroatoms. The molecule has 1 aliphatic rings. The molecule has 1 unspecified atom stereocenters. The van der Waals surface area contributed by atoms with Gasteiger partial charge in [-0.15, -0.1) is 0 Å². The zero-order valence-corrected chi connectivity index (χ0v) is 11.9. The Bertz CT molecular complexity index is 405. The Hall–Kier alpha value is -0.870. The molecule has 1 aromatic rings. The Morgan fingerprint density at radius 3 is 2.72 bits per heavy atom. The number of likely N-dealkylation sites (tertiary alicyclic amines) is 1. The van der Waals surface area contributed by atoms with E-state index in [4.69, 9.17) is 5.11 Å². The predicted octanol–water partition coefficient (Wildman–Crippen LogP) is 3.28. The number of halogens is 1. The molecule has 1 fully saturated rings. The van der Waals surface area contributed by atoms with Gasteiger partial charge in [0.05, 0.1) is 6.42 Å². The van der Waals surface area contributed by atoms with E-state index < -0.39 is 5.97 Å². The molecule has 1 aliphatic heterocycles. The minimum atomic E-state index is -0.692. The van der Waals surface area contributed by atoms with Gasteiger partial charge in [0.2, 0.25) is 0 Å². The van der Waals surface area contributed by atoms with Crippen LogP contribution >= 0.6 is 15.9 Å². The van der Waals surface area contributed by atoms with Crippen LogP contribution in [0.1, 0.15) is 31.2 Å². The lowest BCUT2D eigenvalue weighted by Crippen LogP contribution is -2.40. The molecule has 98 valence electrons. The Balaban J connectivity index is 2.00. The maximum Gasteiger partial charge on any atom is 0.304 e. The minimum Gasteiger partial charge on any atom is -0.481 e. The molecule has 3 nitrogen and oxygen atoms in total. The van der Waals surface area contributed by atoms with E-state index in [1.165, 1.54) is 12.0 Å². The standard InChI is InChI=1S/C14H18BrNO2/c15-12-6-4-11(5-7-12)10-16-8-2-1-3-13(16)9-14(17)18/h4-7,13H,1-3,8-10H2,(H,17,18). The van der Waals surface area contributed by atoms with E-state index in [2.05, 4.69) is 33.0 Å². The van der Waals surface area contributed by atoms with Crippen molar-refractivity contribution < 1.29 is 9.90 Å². The molecule has 0 saturated carbocycles. The van der Waals surface area contributed by atoms with E-state index in [0.29, 0.717) is 0 Å². The minimum absolute atomic E-state index is 0.194. The summed E-state index contributed by atoms with van der Waals surface area (Å²) in [5.74, 6) is -0.692. The van der Waals surface area contributed by atoms with Crippen LogP contribution in [0.2, 0.25) is 0 Å². The maximum atomic E-state index is 10.9. The maximum absolute atomic E-state index is 10.9. The molecule has 0 aromatic heterocycles. The molecule has 1 N–H and O–H groups in total. The first-order chi connectivity index (χ1) is 8.65. The highest BCUT2D eigenvalue weighted by Gasteiger charge is 2.24. The number of piperidine rings is 1. The van der Waals surface area contributed by atoms with Crippen LogP contribution in [0, 0.1) is 0 Å². The molecule has 0 aliphatic carbocycles. The van der Waals surface area contributed by atoms with Crippen molar-refractivity contribution in [3.63, 3.8) is 0 Å². The van der Waals surface area contributed by atoms with Gasteiger partial charge >= 0.3 is 5.97 Å². The first kappa shape index (κ1) is 13.6. The van der Waals surface area contributed by atoms with Gasteiger partial charge in [-0.1, -0.05) is 34.5 Å². The van der Waals surface area contributed by atoms with E-state index in [-0.39, 0.29) is 12.5 Å². The van der Waals surface area contributed by atoms with Gasteiger partial charge in [0.1, 0.15) is 0 Å². The normalized spacial score (nSPS) is 20.8. The number of carboxylic acids is 1. The molecule has 0 spiro atoms. The Morgan fingerprint density at radius 1 is 1.33 bits per heavy atom. The van der Waals surface area contributed by atoms with Gasteiger partial charge in [-0.3, -0.25) is 9.69 Å². The lowest BCUT2D eigenvalue weighted by molar-refractivity contribution is -0.138. The zero-order valence-electron chi connectivity index (χ0n) is 10.3. The molecular weight excluding hydrogens is 294 g/mol. The van der Waals surface area contributed by atoms with Gasteiger partial charge in [-0.25, -0.2) is 0 Å². The van der Waals surface area contributed by atoms with Crippen LogP contribution in [0.3, 0.4) is 0 Å². The molecule has 1 heterocycles. The van der Waals surface area contributed by atoms with Gasteiger partial charge in [0.15, 0.2) is 0 Å². The largest absolute Gasteiger partial charge is 0.481 e. The van der Waals surface area contributed by atoms with Gasteiger partial charge < -0.3 is 5.11 Å². The highest BCUT2D eigenvalue weighted by atomic mass is 79.9. The van der Waals surface area contributed by atoms with Crippen LogP contribution in [0.5, 0.6) is 0 Å². The highest BCUT2D eigenvalue weighted by Crippen LogP contribution is 2.22. The first-order valence-electron chi connectivity index (χ1n) is 6.35. The van der Waals surface area contributed by atoms with Crippen LogP contribution < -0.4 is 0 Å². The second kappa shape index (κ2) is 6.34. The van der Waals surface area contributed by atoms with Crippen LogP contribution in [0.15, 0.2) is 28.7 Å². The van der Waals surface area contributed by atoms with Crippen molar-refractivity contribution in [2.45, 2.75) is 38.3 Å². The number of rotatable bonds is 4. The van der Waals surface area contributed by atoms with E-state index in [1.54, 1.807) is 0 Å². The number of carbonyl (C=O) groups is 1. The quantitative estimate of drug-likeness (QED) is 0.927. The molecule has 2 rings (SSSR count). The fraction of sp³-hybridized carbons (Fsp3) is 0.500. The SMILES string of the molecule is O=C(O)CC1CCCCN1Cc1ccc(Br)cc1. The number of hydrogen-bond donors (Lipinski definition) is 1. The van der Waals surface area contributed by atoms with Crippen LogP contribution in [0.25, 0.3) is 0 Å². The van der Waals surface area contributed by atoms with E-state index in [9.17, 15) is 4.79 Å². The monoisotopic (exact) mass is 311 g/mol. The molecule has 1 aromatic carbocycles. The van der Waals surface area contributed by atoms with Crippen LogP contribution in [-0.4, -0.2) is 28.6 Å². The van der Waals surface area contributed by atoms with E-state index >= 15 is 0 Å². The van der Waals surface area contributed by atoms with Crippen molar-refractivity contribution >= 4 is 21.9 Å². The number of aliphatic carboxylic acids is 1. The summed E-state index contributed by atoms with van der Waals surface area (Å²) in [5.41, 5.74) is 1.25. The second-order valence-electron chi connectivity index (χ2n) is 4.84. The van der Waals surface area contributed by atoms with Crippen molar-refractivity contribution in [1.82, 2.24) is 4.90 Å². The molecule has 0 amide bonds. The second-order valence-corrected chi connectivity index (χ2v) is 5.76. The Kier molecular flexibility index (Phi) is 4.78. The lowest BCUT2D eigenvalue weighted by Gasteiger charge is -2.34. The molecule has 1 atom stereocenters. The van der Waals surface area contributed by atoms with Crippen molar-refractivity contribution in [3.05, 3.63) is 34.3 Å². The van der Waals surface area contributed by atoms with Crippen molar-refractivity contribution in [1.29, 1.82) is 0 Å². The summed E-state index contributed by atoms with van der Waals surface area (Å²) in [6, 6.07) is 8.45. The summed E-state index contributed by atoms with van der Waals surface area (Å²) < 4.78 is 1.08. The molecular formula is C14H18BrNO2. The third-order valence-corrected chi connectivity index (χ3v) is 3.99. The van der Waals surface area contributed by atoms with Gasteiger partial charge in [0.25, 0.3) is 0 Å². The fourth-order valence-corrected chi connectivity index (χ4v) is 2.79. The summed E-state index contributed by atoms with van der Waals surface area (Å²) in [4.78, 5) is 13.2. The average Bonchev–Trinajstić information content (AvgIpc) is 2.34. The number of carboxylic acid groups (broad SMARTS) is 1. The third kappa shape index (κ3) is 3.82. The lowest BCUT2D eigenvalue weighted by atomic mass is 9.98. The molecule has 0 radical (unpaired) electrons. The van der Waals surface area contributed by atoms with Crippen molar-refractivity contribution in [2.24, 2.45) is 0 Å². The van der Waals surface area contributed by atoms with Crippen molar-refractivity contribution in [2.75, 3.05) is 6.54 Å². The number of nitrogens with zero attached hydrogens (tertiary/aromatic N) is 1.